The molecular weight excluding hydrogens is 416 g/mol. The summed E-state index contributed by atoms with van der Waals surface area (Å²) in [4.78, 5) is 50.0. The van der Waals surface area contributed by atoms with Gasteiger partial charge in [0.2, 0.25) is 5.95 Å². The molecule has 4 rings (SSSR count). The summed E-state index contributed by atoms with van der Waals surface area (Å²) < 4.78 is 5.27. The molecule has 11 nitrogen and oxygen atoms in total. The summed E-state index contributed by atoms with van der Waals surface area (Å²) in [6.45, 7) is 3.21. The number of aromatic nitrogens is 2. The van der Waals surface area contributed by atoms with Gasteiger partial charge in [0.05, 0.1) is 16.2 Å². The predicted octanol–water partition coefficient (Wildman–Crippen LogP) is 1.49. The molecule has 32 heavy (non-hydrogen) atoms. The number of nitro groups is 1. The average molecular weight is 440 g/mol. The topological polar surface area (TPSA) is 122 Å². The monoisotopic (exact) mass is 440 g/mol. The first-order valence-corrected chi connectivity index (χ1v) is 10.5. The number of hydrogen-bond acceptors (Lipinski definition) is 9. The maximum atomic E-state index is 12.8. The van der Waals surface area contributed by atoms with Crippen molar-refractivity contribution >= 4 is 29.2 Å². The van der Waals surface area contributed by atoms with Crippen molar-refractivity contribution in [3.8, 4) is 0 Å². The smallest absolute Gasteiger partial charge is 0.341 e. The number of carbonyl (C=O) groups excluding carboxylic acids is 2. The van der Waals surface area contributed by atoms with E-state index >= 15 is 0 Å². The van der Waals surface area contributed by atoms with Crippen LogP contribution in [-0.4, -0.2) is 77.5 Å². The second-order valence-corrected chi connectivity index (χ2v) is 7.65. The van der Waals surface area contributed by atoms with Crippen molar-refractivity contribution in [1.29, 1.82) is 0 Å². The Kier molecular flexibility index (Phi) is 6.43. The van der Waals surface area contributed by atoms with Gasteiger partial charge in [-0.15, -0.1) is 0 Å². The first-order valence-electron chi connectivity index (χ1n) is 10.5. The Labute approximate surface area is 184 Å². The molecule has 11 heteroatoms. The number of rotatable bonds is 6. The minimum atomic E-state index is -0.736. The van der Waals surface area contributed by atoms with Crippen LogP contribution in [-0.2, 0) is 9.53 Å². The van der Waals surface area contributed by atoms with Crippen LogP contribution in [0.15, 0.2) is 36.7 Å². The predicted molar refractivity (Wildman–Crippen MR) is 116 cm³/mol. The highest BCUT2D eigenvalue weighted by Crippen LogP contribution is 2.29. The van der Waals surface area contributed by atoms with Crippen LogP contribution in [0.25, 0.3) is 0 Å². The molecule has 1 amide bonds. The average Bonchev–Trinajstić information content (AvgIpc) is 3.37. The quantitative estimate of drug-likeness (QED) is 0.373. The molecule has 168 valence electrons. The van der Waals surface area contributed by atoms with Gasteiger partial charge in [0, 0.05) is 63.8 Å². The van der Waals surface area contributed by atoms with E-state index in [1.807, 2.05) is 9.80 Å². The fourth-order valence-corrected chi connectivity index (χ4v) is 3.94. The molecule has 0 atom stereocenters. The summed E-state index contributed by atoms with van der Waals surface area (Å²) in [7, 11) is 0. The first kappa shape index (κ1) is 21.5. The lowest BCUT2D eigenvalue weighted by Gasteiger charge is -2.34. The lowest BCUT2D eigenvalue weighted by molar-refractivity contribution is -0.384. The normalized spacial score (nSPS) is 16.2. The SMILES string of the molecule is O=C(OCC(=O)N1CCN(c2ncccn2)CC1)c1cc([N+](=O)[O-])ccc1N1CCCC1. The molecular formula is C21H24N6O5. The zero-order valence-electron chi connectivity index (χ0n) is 17.6. The van der Waals surface area contributed by atoms with E-state index in [4.69, 9.17) is 4.74 Å². The standard InChI is InChI=1S/C21H24N6O5/c28-19(25-10-12-26(13-11-25)21-22-6-3-7-23-21)15-32-20(29)17-14-16(27(30)31)4-5-18(17)24-8-1-2-9-24/h3-7,14H,1-2,8-13,15H2. The fraction of sp³-hybridized carbons (Fsp3) is 0.429. The van der Waals surface area contributed by atoms with E-state index < -0.39 is 17.5 Å². The fourth-order valence-electron chi connectivity index (χ4n) is 3.94. The van der Waals surface area contributed by atoms with Crippen LogP contribution < -0.4 is 9.80 Å². The van der Waals surface area contributed by atoms with Crippen LogP contribution in [0.2, 0.25) is 0 Å². The third-order valence-electron chi connectivity index (χ3n) is 5.65. The molecule has 1 aromatic heterocycles. The van der Waals surface area contributed by atoms with Crippen molar-refractivity contribution < 1.29 is 19.2 Å². The van der Waals surface area contributed by atoms with Gasteiger partial charge in [-0.3, -0.25) is 14.9 Å². The number of hydrogen-bond donors (Lipinski definition) is 0. The van der Waals surface area contributed by atoms with Gasteiger partial charge < -0.3 is 19.4 Å². The van der Waals surface area contributed by atoms with Crippen LogP contribution in [0.4, 0.5) is 17.3 Å². The van der Waals surface area contributed by atoms with Crippen LogP contribution in [0.1, 0.15) is 23.2 Å². The van der Waals surface area contributed by atoms with Gasteiger partial charge in [0.15, 0.2) is 6.61 Å². The van der Waals surface area contributed by atoms with Gasteiger partial charge >= 0.3 is 5.97 Å². The van der Waals surface area contributed by atoms with Crippen LogP contribution in [0.3, 0.4) is 0 Å². The molecule has 2 saturated heterocycles. The molecule has 1 aromatic carbocycles. The number of esters is 1. The maximum absolute atomic E-state index is 12.8. The van der Waals surface area contributed by atoms with Crippen molar-refractivity contribution in [3.05, 3.63) is 52.3 Å². The first-order chi connectivity index (χ1) is 15.5. The Bertz CT molecular complexity index is 987. The van der Waals surface area contributed by atoms with Crippen LogP contribution >= 0.6 is 0 Å². The largest absolute Gasteiger partial charge is 0.452 e. The second kappa shape index (κ2) is 9.58. The molecule has 0 bridgehead atoms. The lowest BCUT2D eigenvalue weighted by Crippen LogP contribution is -2.50. The molecule has 0 unspecified atom stereocenters. The van der Waals surface area contributed by atoms with E-state index in [9.17, 15) is 19.7 Å². The molecule has 0 spiro atoms. The molecule has 2 aromatic rings. The van der Waals surface area contributed by atoms with Gasteiger partial charge in [0.25, 0.3) is 11.6 Å². The number of nitrogens with zero attached hydrogens (tertiary/aromatic N) is 6. The third-order valence-corrected chi connectivity index (χ3v) is 5.65. The number of piperazine rings is 1. The molecule has 0 saturated carbocycles. The van der Waals surface area contributed by atoms with Crippen molar-refractivity contribution in [2.75, 3.05) is 55.7 Å². The van der Waals surface area contributed by atoms with Crippen LogP contribution in [0, 0.1) is 10.1 Å². The summed E-state index contributed by atoms with van der Waals surface area (Å²) in [5, 5.41) is 11.2. The minimum absolute atomic E-state index is 0.111. The molecule has 0 N–H and O–H groups in total. The van der Waals surface area contributed by atoms with E-state index in [1.54, 1.807) is 29.4 Å². The summed E-state index contributed by atoms with van der Waals surface area (Å²) in [6, 6.07) is 5.92. The number of benzene rings is 1. The summed E-state index contributed by atoms with van der Waals surface area (Å²) >= 11 is 0. The van der Waals surface area contributed by atoms with Crippen molar-refractivity contribution in [2.45, 2.75) is 12.8 Å². The van der Waals surface area contributed by atoms with Gasteiger partial charge in [-0.05, 0) is 25.0 Å². The van der Waals surface area contributed by atoms with E-state index in [-0.39, 0.29) is 17.2 Å². The van der Waals surface area contributed by atoms with E-state index in [1.165, 1.54) is 12.1 Å². The van der Waals surface area contributed by atoms with Gasteiger partial charge in [-0.25, -0.2) is 14.8 Å². The summed E-state index contributed by atoms with van der Waals surface area (Å²) in [6.07, 6.45) is 5.32. The Hall–Kier alpha value is -3.76. The number of non-ortho nitro benzene ring substituents is 1. The Morgan fingerprint density at radius 3 is 2.34 bits per heavy atom. The number of carbonyl (C=O) groups is 2. The molecule has 2 aliphatic rings. The van der Waals surface area contributed by atoms with Crippen molar-refractivity contribution in [3.63, 3.8) is 0 Å². The number of amides is 1. The minimum Gasteiger partial charge on any atom is -0.452 e. The van der Waals surface area contributed by atoms with Crippen molar-refractivity contribution in [1.82, 2.24) is 14.9 Å². The van der Waals surface area contributed by atoms with Gasteiger partial charge in [-0.2, -0.15) is 0 Å². The second-order valence-electron chi connectivity index (χ2n) is 7.65. The summed E-state index contributed by atoms with van der Waals surface area (Å²) in [5.74, 6) is -0.424. The number of ether oxygens (including phenoxy) is 1. The Morgan fingerprint density at radius 2 is 1.69 bits per heavy atom. The lowest BCUT2D eigenvalue weighted by atomic mass is 10.1. The maximum Gasteiger partial charge on any atom is 0.341 e. The van der Waals surface area contributed by atoms with E-state index in [0.717, 1.165) is 25.9 Å². The molecule has 0 radical (unpaired) electrons. The van der Waals surface area contributed by atoms with E-state index in [0.29, 0.717) is 37.8 Å². The zero-order valence-corrected chi connectivity index (χ0v) is 17.6. The number of nitro benzene ring substituents is 1. The highest BCUT2D eigenvalue weighted by Gasteiger charge is 2.26. The molecule has 0 aliphatic carbocycles. The zero-order chi connectivity index (χ0) is 22.5. The van der Waals surface area contributed by atoms with E-state index in [2.05, 4.69) is 9.97 Å². The molecule has 2 fully saturated rings. The summed E-state index contributed by atoms with van der Waals surface area (Å²) in [5.41, 5.74) is 0.521. The number of anilines is 2. The highest BCUT2D eigenvalue weighted by atomic mass is 16.6. The highest BCUT2D eigenvalue weighted by molar-refractivity contribution is 5.97. The van der Waals surface area contributed by atoms with Crippen LogP contribution in [0.5, 0.6) is 0 Å². The van der Waals surface area contributed by atoms with Crippen molar-refractivity contribution in [2.24, 2.45) is 0 Å². The van der Waals surface area contributed by atoms with Gasteiger partial charge in [-0.1, -0.05) is 0 Å². The van der Waals surface area contributed by atoms with Gasteiger partial charge in [0.1, 0.15) is 0 Å². The third kappa shape index (κ3) is 4.76. The Balaban J connectivity index is 1.36. The Morgan fingerprint density at radius 1 is 1.00 bits per heavy atom. The molecule has 2 aliphatic heterocycles. The molecule has 3 heterocycles.